The van der Waals surface area contributed by atoms with Crippen LogP contribution in [0.1, 0.15) is 36.2 Å². The van der Waals surface area contributed by atoms with Gasteiger partial charge in [0.05, 0.1) is 12.7 Å². The summed E-state index contributed by atoms with van der Waals surface area (Å²) in [6.07, 6.45) is 0.770. The van der Waals surface area contributed by atoms with Crippen LogP contribution in [0, 0.1) is 12.8 Å². The Morgan fingerprint density at radius 2 is 1.75 bits per heavy atom. The van der Waals surface area contributed by atoms with E-state index in [0.29, 0.717) is 42.5 Å². The Bertz CT molecular complexity index is 631. The molecule has 2 rings (SSSR count). The van der Waals surface area contributed by atoms with Crippen molar-refractivity contribution in [3.8, 4) is 5.75 Å². The molecule has 5 nitrogen and oxygen atoms in total. The molecule has 0 N–H and O–H groups in total. The minimum atomic E-state index is -0.104. The predicted molar refractivity (Wildman–Crippen MR) is 94.7 cm³/mol. The largest absolute Gasteiger partial charge is 0.496 e. The predicted octanol–water partition coefficient (Wildman–Crippen LogP) is 2.99. The van der Waals surface area contributed by atoms with Crippen LogP contribution in [0.2, 0.25) is 5.02 Å². The lowest BCUT2D eigenvalue weighted by Gasteiger charge is -2.24. The molecule has 0 unspecified atom stereocenters. The van der Waals surface area contributed by atoms with Crippen molar-refractivity contribution in [2.24, 2.45) is 5.92 Å². The lowest BCUT2D eigenvalue weighted by molar-refractivity contribution is -0.134. The zero-order chi connectivity index (χ0) is 17.9. The first kappa shape index (κ1) is 18.6. The van der Waals surface area contributed by atoms with E-state index in [9.17, 15) is 9.59 Å². The third kappa shape index (κ3) is 4.01. The maximum absolute atomic E-state index is 12.9. The van der Waals surface area contributed by atoms with Crippen LogP contribution in [0.4, 0.5) is 0 Å². The quantitative estimate of drug-likeness (QED) is 0.840. The fourth-order valence-corrected chi connectivity index (χ4v) is 3.03. The molecule has 2 amide bonds. The molecule has 24 heavy (non-hydrogen) atoms. The van der Waals surface area contributed by atoms with Crippen molar-refractivity contribution in [2.75, 3.05) is 33.3 Å². The number of amides is 2. The first-order chi connectivity index (χ1) is 11.3. The number of carbonyl (C=O) groups is 2. The molecule has 0 saturated carbocycles. The van der Waals surface area contributed by atoms with Crippen LogP contribution >= 0.6 is 11.6 Å². The molecule has 1 aromatic carbocycles. The van der Waals surface area contributed by atoms with E-state index in [1.165, 1.54) is 0 Å². The summed E-state index contributed by atoms with van der Waals surface area (Å²) in [4.78, 5) is 28.7. The fourth-order valence-electron chi connectivity index (χ4n) is 2.87. The maximum Gasteiger partial charge on any atom is 0.257 e. The highest BCUT2D eigenvalue weighted by Gasteiger charge is 2.26. The Labute approximate surface area is 148 Å². The standard InChI is InChI=1S/C18H25ClN2O3/c1-12(2)17(22)20-6-5-7-21(9-8-20)18(23)14-11-15(19)13(3)10-16(14)24-4/h10-12H,5-9H2,1-4H3. The van der Waals surface area contributed by atoms with Gasteiger partial charge in [-0.15, -0.1) is 0 Å². The second kappa shape index (κ2) is 7.88. The summed E-state index contributed by atoms with van der Waals surface area (Å²) in [7, 11) is 1.55. The summed E-state index contributed by atoms with van der Waals surface area (Å²) < 4.78 is 5.34. The van der Waals surface area contributed by atoms with E-state index in [-0.39, 0.29) is 17.7 Å². The van der Waals surface area contributed by atoms with E-state index in [1.807, 2.05) is 25.7 Å². The molecular weight excluding hydrogens is 328 g/mol. The van der Waals surface area contributed by atoms with Gasteiger partial charge in [0, 0.05) is 37.1 Å². The van der Waals surface area contributed by atoms with Gasteiger partial charge in [0.2, 0.25) is 5.91 Å². The number of hydrogen-bond acceptors (Lipinski definition) is 3. The number of ether oxygens (including phenoxy) is 1. The highest BCUT2D eigenvalue weighted by molar-refractivity contribution is 6.31. The molecular formula is C18H25ClN2O3. The summed E-state index contributed by atoms with van der Waals surface area (Å²) in [6, 6.07) is 3.45. The number of carbonyl (C=O) groups excluding carboxylic acids is 2. The van der Waals surface area contributed by atoms with Gasteiger partial charge < -0.3 is 14.5 Å². The number of aryl methyl sites for hydroxylation is 1. The molecule has 0 atom stereocenters. The van der Waals surface area contributed by atoms with Crippen LogP contribution in [0.3, 0.4) is 0 Å². The molecule has 1 aliphatic heterocycles. The van der Waals surface area contributed by atoms with E-state index in [2.05, 4.69) is 0 Å². The van der Waals surface area contributed by atoms with E-state index < -0.39 is 0 Å². The summed E-state index contributed by atoms with van der Waals surface area (Å²) in [5, 5.41) is 0.547. The summed E-state index contributed by atoms with van der Waals surface area (Å²) in [5.41, 5.74) is 1.34. The van der Waals surface area contributed by atoms with Crippen LogP contribution in [-0.2, 0) is 4.79 Å². The number of halogens is 1. The number of methoxy groups -OCH3 is 1. The normalized spacial score (nSPS) is 15.4. The van der Waals surface area contributed by atoms with Crippen molar-refractivity contribution in [1.82, 2.24) is 9.80 Å². The lowest BCUT2D eigenvalue weighted by Crippen LogP contribution is -2.39. The average molecular weight is 353 g/mol. The van der Waals surface area contributed by atoms with Crippen molar-refractivity contribution in [3.05, 3.63) is 28.3 Å². The Hall–Kier alpha value is -1.75. The van der Waals surface area contributed by atoms with E-state index >= 15 is 0 Å². The Morgan fingerprint density at radius 1 is 1.12 bits per heavy atom. The van der Waals surface area contributed by atoms with Crippen molar-refractivity contribution in [2.45, 2.75) is 27.2 Å². The Kier molecular flexibility index (Phi) is 6.10. The number of nitrogens with zero attached hydrogens (tertiary/aromatic N) is 2. The van der Waals surface area contributed by atoms with Crippen molar-refractivity contribution in [1.29, 1.82) is 0 Å². The highest BCUT2D eigenvalue weighted by atomic mass is 35.5. The van der Waals surface area contributed by atoms with Gasteiger partial charge in [-0.3, -0.25) is 9.59 Å². The highest BCUT2D eigenvalue weighted by Crippen LogP contribution is 2.28. The zero-order valence-corrected chi connectivity index (χ0v) is 15.5. The number of hydrogen-bond donors (Lipinski definition) is 0. The first-order valence-corrected chi connectivity index (χ1v) is 8.65. The molecule has 0 radical (unpaired) electrons. The molecule has 1 heterocycles. The summed E-state index contributed by atoms with van der Waals surface area (Å²) >= 11 is 6.18. The van der Waals surface area contributed by atoms with Gasteiger partial charge >= 0.3 is 0 Å². The van der Waals surface area contributed by atoms with Gasteiger partial charge in [-0.05, 0) is 31.0 Å². The van der Waals surface area contributed by atoms with Crippen LogP contribution in [0.5, 0.6) is 5.75 Å². The third-order valence-corrected chi connectivity index (χ3v) is 4.71. The van der Waals surface area contributed by atoms with Gasteiger partial charge in [0.1, 0.15) is 5.75 Å². The van der Waals surface area contributed by atoms with Crippen molar-refractivity contribution < 1.29 is 14.3 Å². The molecule has 0 bridgehead atoms. The molecule has 1 fully saturated rings. The molecule has 1 aromatic rings. The molecule has 1 aliphatic rings. The molecule has 6 heteroatoms. The average Bonchev–Trinajstić information content (AvgIpc) is 2.81. The molecule has 0 spiro atoms. The Morgan fingerprint density at radius 3 is 2.38 bits per heavy atom. The smallest absolute Gasteiger partial charge is 0.257 e. The van der Waals surface area contributed by atoms with E-state index in [4.69, 9.17) is 16.3 Å². The monoisotopic (exact) mass is 352 g/mol. The minimum absolute atomic E-state index is 0.0248. The van der Waals surface area contributed by atoms with E-state index in [0.717, 1.165) is 12.0 Å². The van der Waals surface area contributed by atoms with Crippen molar-refractivity contribution >= 4 is 23.4 Å². The Balaban J connectivity index is 2.16. The lowest BCUT2D eigenvalue weighted by atomic mass is 10.1. The van der Waals surface area contributed by atoms with Gasteiger partial charge in [-0.1, -0.05) is 25.4 Å². The van der Waals surface area contributed by atoms with Crippen LogP contribution in [-0.4, -0.2) is 54.9 Å². The minimum Gasteiger partial charge on any atom is -0.496 e. The van der Waals surface area contributed by atoms with Gasteiger partial charge in [0.15, 0.2) is 0 Å². The van der Waals surface area contributed by atoms with Gasteiger partial charge in [0.25, 0.3) is 5.91 Å². The molecule has 132 valence electrons. The molecule has 0 aromatic heterocycles. The molecule has 1 saturated heterocycles. The third-order valence-electron chi connectivity index (χ3n) is 4.30. The first-order valence-electron chi connectivity index (χ1n) is 8.27. The van der Waals surface area contributed by atoms with Crippen LogP contribution < -0.4 is 4.74 Å². The van der Waals surface area contributed by atoms with Crippen LogP contribution in [0.15, 0.2) is 12.1 Å². The van der Waals surface area contributed by atoms with Gasteiger partial charge in [-0.25, -0.2) is 0 Å². The fraction of sp³-hybridized carbons (Fsp3) is 0.556. The number of rotatable bonds is 3. The maximum atomic E-state index is 12.9. The summed E-state index contributed by atoms with van der Waals surface area (Å²) in [6.45, 7) is 8.06. The second-order valence-corrected chi connectivity index (χ2v) is 6.83. The summed E-state index contributed by atoms with van der Waals surface area (Å²) in [5.74, 6) is 0.539. The second-order valence-electron chi connectivity index (χ2n) is 6.43. The van der Waals surface area contributed by atoms with E-state index in [1.54, 1.807) is 24.1 Å². The molecule has 0 aliphatic carbocycles. The zero-order valence-electron chi connectivity index (χ0n) is 14.8. The van der Waals surface area contributed by atoms with Crippen molar-refractivity contribution in [3.63, 3.8) is 0 Å². The van der Waals surface area contributed by atoms with Gasteiger partial charge in [-0.2, -0.15) is 0 Å². The topological polar surface area (TPSA) is 49.9 Å². The number of benzene rings is 1. The SMILES string of the molecule is COc1cc(C)c(Cl)cc1C(=O)N1CCCN(C(=O)C(C)C)CC1. The van der Waals surface area contributed by atoms with Crippen LogP contribution in [0.25, 0.3) is 0 Å².